The molecule has 2 saturated carbocycles. The molecule has 0 saturated heterocycles. The van der Waals surface area contributed by atoms with Crippen molar-refractivity contribution in [2.75, 3.05) is 0 Å². The van der Waals surface area contributed by atoms with Gasteiger partial charge in [0.1, 0.15) is 5.67 Å². The van der Waals surface area contributed by atoms with Crippen molar-refractivity contribution in [2.45, 2.75) is 36.9 Å². The van der Waals surface area contributed by atoms with E-state index in [1.54, 1.807) is 0 Å². The summed E-state index contributed by atoms with van der Waals surface area (Å²) in [6.45, 7) is 0. The second-order valence-corrected chi connectivity index (χ2v) is 4.70. The second-order valence-electron chi connectivity index (χ2n) is 4.70. The second kappa shape index (κ2) is 2.37. The highest BCUT2D eigenvalue weighted by Crippen LogP contribution is 2.50. The quantitative estimate of drug-likeness (QED) is 0.764. The Kier molecular flexibility index (Phi) is 1.43. The molecular formula is C12H14FN. The first-order valence-electron chi connectivity index (χ1n) is 5.21. The highest BCUT2D eigenvalue weighted by molar-refractivity contribution is 5.36. The topological polar surface area (TPSA) is 26.0 Å². The number of benzene rings is 1. The molecule has 74 valence electrons. The predicted molar refractivity (Wildman–Crippen MR) is 53.6 cm³/mol. The normalized spacial score (nSPS) is 25.9. The summed E-state index contributed by atoms with van der Waals surface area (Å²) in [5.74, 6) is 0. The van der Waals surface area contributed by atoms with Crippen LogP contribution in [0.4, 0.5) is 4.39 Å². The Labute approximate surface area is 83.1 Å². The van der Waals surface area contributed by atoms with Crippen LogP contribution < -0.4 is 5.73 Å². The molecule has 0 spiro atoms. The van der Waals surface area contributed by atoms with Gasteiger partial charge in [0, 0.05) is 5.54 Å². The third-order valence-electron chi connectivity index (χ3n) is 3.45. The zero-order chi connectivity index (χ0) is 9.81. The Morgan fingerprint density at radius 1 is 0.929 bits per heavy atom. The lowest BCUT2D eigenvalue weighted by molar-refractivity contribution is 0.317. The average Bonchev–Trinajstić information content (AvgIpc) is 3.08. The molecule has 2 aliphatic carbocycles. The average molecular weight is 191 g/mol. The summed E-state index contributed by atoms with van der Waals surface area (Å²) in [7, 11) is 0. The van der Waals surface area contributed by atoms with E-state index in [-0.39, 0.29) is 5.54 Å². The Morgan fingerprint density at radius 3 is 1.86 bits per heavy atom. The Morgan fingerprint density at radius 2 is 1.43 bits per heavy atom. The number of nitrogens with two attached hydrogens (primary N) is 1. The van der Waals surface area contributed by atoms with E-state index in [1.807, 2.05) is 24.3 Å². The number of rotatable bonds is 2. The molecule has 0 heterocycles. The molecule has 0 amide bonds. The van der Waals surface area contributed by atoms with Crippen molar-refractivity contribution in [1.82, 2.24) is 0 Å². The lowest BCUT2D eigenvalue weighted by atomic mass is 10.0. The van der Waals surface area contributed by atoms with Gasteiger partial charge < -0.3 is 5.73 Å². The lowest BCUT2D eigenvalue weighted by Gasteiger charge is -2.11. The van der Waals surface area contributed by atoms with E-state index in [1.165, 1.54) is 0 Å². The molecule has 0 unspecified atom stereocenters. The molecule has 0 aliphatic heterocycles. The predicted octanol–water partition coefficient (Wildman–Crippen LogP) is 2.59. The van der Waals surface area contributed by atoms with Gasteiger partial charge in [0.2, 0.25) is 0 Å². The Hall–Kier alpha value is -0.890. The third kappa shape index (κ3) is 1.17. The summed E-state index contributed by atoms with van der Waals surface area (Å²) < 4.78 is 13.6. The number of halogens is 1. The van der Waals surface area contributed by atoms with Crippen LogP contribution in [0.2, 0.25) is 0 Å². The smallest absolute Gasteiger partial charge is 0.136 e. The highest BCUT2D eigenvalue weighted by Gasteiger charge is 2.45. The largest absolute Gasteiger partial charge is 0.321 e. The summed E-state index contributed by atoms with van der Waals surface area (Å²) >= 11 is 0. The first-order valence-corrected chi connectivity index (χ1v) is 5.21. The van der Waals surface area contributed by atoms with Crippen LogP contribution in [0.1, 0.15) is 36.8 Å². The van der Waals surface area contributed by atoms with E-state index in [4.69, 9.17) is 5.73 Å². The van der Waals surface area contributed by atoms with E-state index < -0.39 is 5.67 Å². The van der Waals surface area contributed by atoms with Crippen molar-refractivity contribution in [1.29, 1.82) is 0 Å². The van der Waals surface area contributed by atoms with Crippen LogP contribution >= 0.6 is 0 Å². The van der Waals surface area contributed by atoms with Gasteiger partial charge in [-0.25, -0.2) is 4.39 Å². The zero-order valence-electron chi connectivity index (χ0n) is 8.09. The summed E-state index contributed by atoms with van der Waals surface area (Å²) in [4.78, 5) is 0. The van der Waals surface area contributed by atoms with Gasteiger partial charge in [0.25, 0.3) is 0 Å². The molecule has 3 rings (SSSR count). The van der Waals surface area contributed by atoms with Crippen LogP contribution in [-0.2, 0) is 11.2 Å². The van der Waals surface area contributed by atoms with Crippen molar-refractivity contribution in [3.8, 4) is 0 Å². The van der Waals surface area contributed by atoms with E-state index in [9.17, 15) is 4.39 Å². The summed E-state index contributed by atoms with van der Waals surface area (Å²) in [5.41, 5.74) is 6.93. The summed E-state index contributed by atoms with van der Waals surface area (Å²) in [6.07, 6.45) is 3.49. The molecule has 2 aliphatic rings. The molecule has 2 N–H and O–H groups in total. The van der Waals surface area contributed by atoms with Gasteiger partial charge in [-0.15, -0.1) is 0 Å². The monoisotopic (exact) mass is 191 g/mol. The van der Waals surface area contributed by atoms with Crippen LogP contribution in [0, 0.1) is 0 Å². The van der Waals surface area contributed by atoms with Gasteiger partial charge in [-0.2, -0.15) is 0 Å². The molecule has 1 aromatic rings. The van der Waals surface area contributed by atoms with Gasteiger partial charge in [-0.3, -0.25) is 0 Å². The van der Waals surface area contributed by atoms with E-state index in [2.05, 4.69) is 0 Å². The number of hydrogen-bond donors (Lipinski definition) is 1. The minimum absolute atomic E-state index is 0.0917. The van der Waals surface area contributed by atoms with Gasteiger partial charge in [-0.05, 0) is 36.8 Å². The van der Waals surface area contributed by atoms with Crippen LogP contribution in [0.25, 0.3) is 0 Å². The van der Waals surface area contributed by atoms with Gasteiger partial charge in [0.15, 0.2) is 0 Å². The maximum Gasteiger partial charge on any atom is 0.136 e. The molecule has 14 heavy (non-hydrogen) atoms. The fourth-order valence-electron chi connectivity index (χ4n) is 1.92. The maximum atomic E-state index is 13.6. The minimum Gasteiger partial charge on any atom is -0.321 e. The van der Waals surface area contributed by atoms with Gasteiger partial charge in [0.05, 0.1) is 0 Å². The van der Waals surface area contributed by atoms with Crippen molar-refractivity contribution in [3.05, 3.63) is 35.4 Å². The van der Waals surface area contributed by atoms with Crippen molar-refractivity contribution >= 4 is 0 Å². The molecule has 1 nitrogen and oxygen atoms in total. The fourth-order valence-corrected chi connectivity index (χ4v) is 1.92. The standard InChI is InChI=1S/C12H14FN/c13-11(5-6-11)9-1-3-10(4-2-9)12(14)7-8-12/h1-4H,5-8,14H2. The first-order chi connectivity index (χ1) is 6.62. The Balaban J connectivity index is 1.91. The van der Waals surface area contributed by atoms with Crippen molar-refractivity contribution < 1.29 is 4.39 Å². The summed E-state index contributed by atoms with van der Waals surface area (Å²) in [6, 6.07) is 7.77. The lowest BCUT2D eigenvalue weighted by Crippen LogP contribution is -2.18. The van der Waals surface area contributed by atoms with E-state index in [0.29, 0.717) is 12.8 Å². The molecule has 0 aromatic heterocycles. The van der Waals surface area contributed by atoms with Crippen LogP contribution in [0.5, 0.6) is 0 Å². The van der Waals surface area contributed by atoms with Crippen LogP contribution in [0.3, 0.4) is 0 Å². The maximum absolute atomic E-state index is 13.6. The van der Waals surface area contributed by atoms with Crippen LogP contribution in [-0.4, -0.2) is 0 Å². The van der Waals surface area contributed by atoms with E-state index in [0.717, 1.165) is 24.0 Å². The minimum atomic E-state index is -1.01. The molecular weight excluding hydrogens is 177 g/mol. The van der Waals surface area contributed by atoms with Gasteiger partial charge >= 0.3 is 0 Å². The SMILES string of the molecule is NC1(c2ccc(C3(F)CC3)cc2)CC1. The molecule has 2 heteroatoms. The fraction of sp³-hybridized carbons (Fsp3) is 0.500. The van der Waals surface area contributed by atoms with E-state index >= 15 is 0 Å². The Bertz CT molecular complexity index is 323. The van der Waals surface area contributed by atoms with Crippen molar-refractivity contribution in [3.63, 3.8) is 0 Å². The molecule has 2 fully saturated rings. The number of hydrogen-bond acceptors (Lipinski definition) is 1. The molecule has 0 bridgehead atoms. The molecule has 0 radical (unpaired) electrons. The first kappa shape index (κ1) is 8.42. The van der Waals surface area contributed by atoms with Gasteiger partial charge in [-0.1, -0.05) is 24.3 Å². The molecule has 0 atom stereocenters. The zero-order valence-corrected chi connectivity index (χ0v) is 8.09. The van der Waals surface area contributed by atoms with Crippen molar-refractivity contribution in [2.24, 2.45) is 5.73 Å². The molecule has 1 aromatic carbocycles. The third-order valence-corrected chi connectivity index (χ3v) is 3.45. The van der Waals surface area contributed by atoms with Crippen LogP contribution in [0.15, 0.2) is 24.3 Å². The summed E-state index contributed by atoms with van der Waals surface area (Å²) in [5, 5.41) is 0. The number of alkyl halides is 1. The highest BCUT2D eigenvalue weighted by atomic mass is 19.1.